The Bertz CT molecular complexity index is 301. The van der Waals surface area contributed by atoms with Gasteiger partial charge < -0.3 is 4.74 Å². The fraction of sp³-hybridized carbons (Fsp3) is 0.960. The molecule has 0 aliphatic rings. The van der Waals surface area contributed by atoms with Crippen molar-refractivity contribution < 1.29 is 9.53 Å². The summed E-state index contributed by atoms with van der Waals surface area (Å²) < 4.78 is 5.43. The fourth-order valence-electron chi connectivity index (χ4n) is 3.74. The smallest absolute Gasteiger partial charge is 0.305 e. The van der Waals surface area contributed by atoms with Gasteiger partial charge in [0.15, 0.2) is 0 Å². The van der Waals surface area contributed by atoms with Gasteiger partial charge in [-0.1, -0.05) is 124 Å². The van der Waals surface area contributed by atoms with Crippen molar-refractivity contribution in [1.82, 2.24) is 0 Å². The molecule has 0 rings (SSSR count). The molecule has 1 atom stereocenters. The lowest BCUT2D eigenvalue weighted by Gasteiger charge is -2.13. The van der Waals surface area contributed by atoms with Gasteiger partial charge in [-0.3, -0.25) is 4.79 Å². The molecule has 27 heavy (non-hydrogen) atoms. The molecular weight excluding hydrogens is 332 g/mol. The fourth-order valence-corrected chi connectivity index (χ4v) is 3.74. The number of ether oxygens (including phenoxy) is 1. The zero-order valence-electron chi connectivity index (χ0n) is 19.0. The monoisotopic (exact) mass is 382 g/mol. The molecular formula is C25H50O2. The molecule has 0 aromatic rings. The van der Waals surface area contributed by atoms with E-state index >= 15 is 0 Å². The van der Waals surface area contributed by atoms with Gasteiger partial charge in [0.2, 0.25) is 0 Å². The van der Waals surface area contributed by atoms with Crippen molar-refractivity contribution in [3.8, 4) is 0 Å². The Morgan fingerprint density at radius 3 is 1.48 bits per heavy atom. The predicted molar refractivity (Wildman–Crippen MR) is 119 cm³/mol. The van der Waals surface area contributed by atoms with Crippen LogP contribution in [0.5, 0.6) is 0 Å². The van der Waals surface area contributed by atoms with Gasteiger partial charge >= 0.3 is 5.97 Å². The van der Waals surface area contributed by atoms with Crippen molar-refractivity contribution >= 4 is 5.97 Å². The molecule has 0 saturated heterocycles. The van der Waals surface area contributed by atoms with E-state index in [9.17, 15) is 4.79 Å². The van der Waals surface area contributed by atoms with Gasteiger partial charge in [0, 0.05) is 6.42 Å². The number of unbranched alkanes of at least 4 members (excludes halogenated alkanes) is 14. The molecule has 162 valence electrons. The third-order valence-electron chi connectivity index (χ3n) is 5.74. The maximum absolute atomic E-state index is 11.8. The number of rotatable bonds is 21. The van der Waals surface area contributed by atoms with E-state index in [2.05, 4.69) is 20.8 Å². The van der Waals surface area contributed by atoms with E-state index in [4.69, 9.17) is 4.74 Å². The highest BCUT2D eigenvalue weighted by molar-refractivity contribution is 5.69. The summed E-state index contributed by atoms with van der Waals surface area (Å²) in [6.07, 6.45) is 24.4. The zero-order valence-corrected chi connectivity index (χ0v) is 19.0. The maximum Gasteiger partial charge on any atom is 0.305 e. The Kier molecular flexibility index (Phi) is 21.3. The van der Waals surface area contributed by atoms with Crippen LogP contribution in [0.15, 0.2) is 0 Å². The second-order valence-electron chi connectivity index (χ2n) is 8.45. The summed E-state index contributed by atoms with van der Waals surface area (Å²) in [7, 11) is 0. The first-order valence-electron chi connectivity index (χ1n) is 12.4. The van der Waals surface area contributed by atoms with Crippen molar-refractivity contribution in [3.63, 3.8) is 0 Å². The van der Waals surface area contributed by atoms with Crippen LogP contribution in [0.1, 0.15) is 143 Å². The number of carbonyl (C=O) groups excluding carboxylic acids is 1. The Labute approximate surface area is 171 Å². The number of esters is 1. The standard InChI is InChI=1S/C25H50O2/c1-4-7-8-9-10-11-12-13-14-15-16-17-18-19-20-22-25(26)27-23-24(6-3)21-5-2/h24H,4-23H2,1-3H3. The third-order valence-corrected chi connectivity index (χ3v) is 5.74. The molecule has 0 heterocycles. The van der Waals surface area contributed by atoms with E-state index in [1.807, 2.05) is 0 Å². The van der Waals surface area contributed by atoms with Crippen LogP contribution in [0.4, 0.5) is 0 Å². The molecule has 0 bridgehead atoms. The lowest BCUT2D eigenvalue weighted by molar-refractivity contribution is -0.145. The van der Waals surface area contributed by atoms with E-state index in [0.717, 1.165) is 12.8 Å². The van der Waals surface area contributed by atoms with E-state index in [-0.39, 0.29) is 5.97 Å². The Morgan fingerprint density at radius 1 is 0.630 bits per heavy atom. The van der Waals surface area contributed by atoms with Crippen molar-refractivity contribution in [3.05, 3.63) is 0 Å². The summed E-state index contributed by atoms with van der Waals surface area (Å²) >= 11 is 0. The molecule has 0 aromatic carbocycles. The minimum atomic E-state index is 0.0132. The first-order chi connectivity index (χ1) is 13.2. The Morgan fingerprint density at radius 2 is 1.07 bits per heavy atom. The van der Waals surface area contributed by atoms with Crippen LogP contribution in [-0.2, 0) is 9.53 Å². The van der Waals surface area contributed by atoms with Crippen molar-refractivity contribution in [2.75, 3.05) is 6.61 Å². The van der Waals surface area contributed by atoms with Crippen LogP contribution in [0.2, 0.25) is 0 Å². The molecule has 0 N–H and O–H groups in total. The SMILES string of the molecule is CCCCCCCCCCCCCCCCCC(=O)OCC(CC)CCC. The topological polar surface area (TPSA) is 26.3 Å². The molecule has 2 heteroatoms. The summed E-state index contributed by atoms with van der Waals surface area (Å²) in [5, 5.41) is 0. The van der Waals surface area contributed by atoms with Gasteiger partial charge in [-0.2, -0.15) is 0 Å². The molecule has 0 amide bonds. The molecule has 0 spiro atoms. The molecule has 0 saturated carbocycles. The van der Waals surface area contributed by atoms with Gasteiger partial charge in [-0.15, -0.1) is 0 Å². The van der Waals surface area contributed by atoms with Crippen LogP contribution < -0.4 is 0 Å². The molecule has 0 aliphatic carbocycles. The van der Waals surface area contributed by atoms with Gasteiger partial charge in [0.25, 0.3) is 0 Å². The Hall–Kier alpha value is -0.530. The predicted octanol–water partition coefficient (Wildman–Crippen LogP) is 8.62. The van der Waals surface area contributed by atoms with Crippen molar-refractivity contribution in [2.24, 2.45) is 5.92 Å². The van der Waals surface area contributed by atoms with Crippen LogP contribution in [-0.4, -0.2) is 12.6 Å². The highest BCUT2D eigenvalue weighted by atomic mass is 16.5. The van der Waals surface area contributed by atoms with E-state index in [1.165, 1.54) is 103 Å². The summed E-state index contributed by atoms with van der Waals surface area (Å²) in [6, 6.07) is 0. The zero-order chi connectivity index (χ0) is 20.0. The summed E-state index contributed by atoms with van der Waals surface area (Å²) in [5.74, 6) is 0.569. The van der Waals surface area contributed by atoms with Crippen LogP contribution in [0.3, 0.4) is 0 Å². The number of carbonyl (C=O) groups is 1. The lowest BCUT2D eigenvalue weighted by Crippen LogP contribution is -2.13. The molecule has 0 aliphatic heterocycles. The highest BCUT2D eigenvalue weighted by Gasteiger charge is 2.09. The molecule has 0 aromatic heterocycles. The minimum Gasteiger partial charge on any atom is -0.465 e. The van der Waals surface area contributed by atoms with Gasteiger partial charge in [0.1, 0.15) is 0 Å². The second kappa shape index (κ2) is 21.8. The Balaban J connectivity index is 3.23. The summed E-state index contributed by atoms with van der Waals surface area (Å²) in [5.41, 5.74) is 0. The first-order valence-corrected chi connectivity index (χ1v) is 12.4. The van der Waals surface area contributed by atoms with Crippen LogP contribution in [0, 0.1) is 5.92 Å². The first kappa shape index (κ1) is 26.5. The average molecular weight is 383 g/mol. The third kappa shape index (κ3) is 20.0. The average Bonchev–Trinajstić information content (AvgIpc) is 2.68. The van der Waals surface area contributed by atoms with E-state index in [0.29, 0.717) is 18.9 Å². The maximum atomic E-state index is 11.8. The van der Waals surface area contributed by atoms with E-state index < -0.39 is 0 Å². The molecule has 0 fully saturated rings. The van der Waals surface area contributed by atoms with Crippen LogP contribution >= 0.6 is 0 Å². The van der Waals surface area contributed by atoms with E-state index in [1.54, 1.807) is 0 Å². The quantitative estimate of drug-likeness (QED) is 0.147. The molecule has 1 unspecified atom stereocenters. The lowest BCUT2D eigenvalue weighted by atomic mass is 10.0. The second-order valence-corrected chi connectivity index (χ2v) is 8.45. The summed E-state index contributed by atoms with van der Waals surface area (Å²) in [6.45, 7) is 7.29. The van der Waals surface area contributed by atoms with Crippen LogP contribution in [0.25, 0.3) is 0 Å². The number of hydrogen-bond acceptors (Lipinski definition) is 2. The van der Waals surface area contributed by atoms with Crippen molar-refractivity contribution in [2.45, 2.75) is 143 Å². The van der Waals surface area contributed by atoms with Crippen molar-refractivity contribution in [1.29, 1.82) is 0 Å². The number of hydrogen-bond donors (Lipinski definition) is 0. The summed E-state index contributed by atoms with van der Waals surface area (Å²) in [4.78, 5) is 11.8. The van der Waals surface area contributed by atoms with Gasteiger partial charge in [-0.05, 0) is 18.8 Å². The molecule has 0 radical (unpaired) electrons. The largest absolute Gasteiger partial charge is 0.465 e. The minimum absolute atomic E-state index is 0.0132. The molecule has 2 nitrogen and oxygen atoms in total. The normalized spacial score (nSPS) is 12.3. The van der Waals surface area contributed by atoms with Gasteiger partial charge in [0.05, 0.1) is 6.61 Å². The highest BCUT2D eigenvalue weighted by Crippen LogP contribution is 2.14. The van der Waals surface area contributed by atoms with Gasteiger partial charge in [-0.25, -0.2) is 0 Å².